The van der Waals surface area contributed by atoms with Gasteiger partial charge in [0.1, 0.15) is 5.82 Å². The van der Waals surface area contributed by atoms with Crippen LogP contribution in [0.15, 0.2) is 18.2 Å². The highest BCUT2D eigenvalue weighted by Crippen LogP contribution is 2.39. The molecule has 1 saturated heterocycles. The molecule has 1 aromatic heterocycles. The zero-order valence-corrected chi connectivity index (χ0v) is 15.3. The van der Waals surface area contributed by atoms with E-state index in [1.54, 1.807) is 0 Å². The minimum atomic E-state index is 0.613. The molecule has 0 spiro atoms. The van der Waals surface area contributed by atoms with Gasteiger partial charge < -0.3 is 15.1 Å². The Hall–Kier alpha value is -1.66. The molecule has 1 aliphatic carbocycles. The molecular weight excluding hydrogens is 318 g/mol. The number of piperazine rings is 1. The number of aryl methyl sites for hydroxylation is 1. The Kier molecular flexibility index (Phi) is 4.41. The van der Waals surface area contributed by atoms with Crippen molar-refractivity contribution in [1.82, 2.24) is 14.3 Å². The van der Waals surface area contributed by atoms with Crippen molar-refractivity contribution < 1.29 is 0 Å². The Morgan fingerprint density at radius 1 is 1.21 bits per heavy atom. The third kappa shape index (κ3) is 3.39. The van der Waals surface area contributed by atoms with Crippen LogP contribution in [0.4, 0.5) is 16.5 Å². The molecule has 0 unspecified atom stereocenters. The van der Waals surface area contributed by atoms with E-state index in [4.69, 9.17) is 0 Å². The van der Waals surface area contributed by atoms with Gasteiger partial charge in [0.05, 0.1) is 0 Å². The van der Waals surface area contributed by atoms with Crippen molar-refractivity contribution in [3.63, 3.8) is 0 Å². The molecule has 0 atom stereocenters. The Balaban J connectivity index is 1.43. The molecule has 2 heterocycles. The van der Waals surface area contributed by atoms with Crippen LogP contribution in [0.2, 0.25) is 0 Å². The van der Waals surface area contributed by atoms with E-state index in [-0.39, 0.29) is 0 Å². The second kappa shape index (κ2) is 6.69. The highest BCUT2D eigenvalue weighted by Gasteiger charge is 2.27. The van der Waals surface area contributed by atoms with Crippen LogP contribution in [0.3, 0.4) is 0 Å². The summed E-state index contributed by atoms with van der Waals surface area (Å²) in [6.07, 6.45) is 2.49. The summed E-state index contributed by atoms with van der Waals surface area (Å²) in [5, 5.41) is 4.35. The van der Waals surface area contributed by atoms with E-state index in [1.807, 2.05) is 0 Å². The van der Waals surface area contributed by atoms with Gasteiger partial charge in [-0.15, -0.1) is 0 Å². The van der Waals surface area contributed by atoms with Gasteiger partial charge >= 0.3 is 0 Å². The van der Waals surface area contributed by atoms with Gasteiger partial charge in [0, 0.05) is 55.0 Å². The Morgan fingerprint density at radius 2 is 2.00 bits per heavy atom. The molecule has 2 aromatic rings. The van der Waals surface area contributed by atoms with Crippen LogP contribution in [0, 0.1) is 6.92 Å². The van der Waals surface area contributed by atoms with Crippen LogP contribution in [-0.4, -0.2) is 47.0 Å². The van der Waals surface area contributed by atoms with Gasteiger partial charge in [0.25, 0.3) is 0 Å². The number of nitrogens with one attached hydrogen (secondary N) is 1. The maximum absolute atomic E-state index is 4.62. The molecule has 5 nitrogen and oxygen atoms in total. The maximum Gasteiger partial charge on any atom is 0.207 e. The lowest BCUT2D eigenvalue weighted by atomic mass is 10.1. The number of hydrogen-bond acceptors (Lipinski definition) is 6. The Labute approximate surface area is 147 Å². The molecule has 2 aliphatic rings. The van der Waals surface area contributed by atoms with Gasteiger partial charge in [0.2, 0.25) is 5.13 Å². The molecule has 0 bridgehead atoms. The van der Waals surface area contributed by atoms with Crippen molar-refractivity contribution in [2.24, 2.45) is 0 Å². The van der Waals surface area contributed by atoms with Crippen molar-refractivity contribution >= 4 is 28.0 Å². The van der Waals surface area contributed by atoms with Crippen molar-refractivity contribution in [1.29, 1.82) is 0 Å². The van der Waals surface area contributed by atoms with Crippen LogP contribution >= 0.6 is 11.5 Å². The molecule has 2 fully saturated rings. The van der Waals surface area contributed by atoms with Crippen LogP contribution < -0.4 is 10.2 Å². The van der Waals surface area contributed by atoms with Gasteiger partial charge in [-0.05, 0) is 50.1 Å². The molecule has 0 amide bonds. The molecule has 128 valence electrons. The number of anilines is 3. The lowest BCUT2D eigenvalue weighted by Gasteiger charge is -2.35. The van der Waals surface area contributed by atoms with Crippen molar-refractivity contribution in [2.45, 2.75) is 32.6 Å². The molecule has 1 saturated carbocycles. The SMILES string of the molecule is CCN1CCN(c2ccc(Nc3nc(C4CC4)ns3)c(C)c2)CC1. The van der Waals surface area contributed by atoms with E-state index < -0.39 is 0 Å². The summed E-state index contributed by atoms with van der Waals surface area (Å²) >= 11 is 1.47. The summed E-state index contributed by atoms with van der Waals surface area (Å²) in [4.78, 5) is 9.61. The number of nitrogens with zero attached hydrogens (tertiary/aromatic N) is 4. The largest absolute Gasteiger partial charge is 0.369 e. The summed E-state index contributed by atoms with van der Waals surface area (Å²) < 4.78 is 4.47. The van der Waals surface area contributed by atoms with E-state index in [1.165, 1.54) is 35.6 Å². The lowest BCUT2D eigenvalue weighted by Crippen LogP contribution is -2.46. The lowest BCUT2D eigenvalue weighted by molar-refractivity contribution is 0.271. The molecular formula is C18H25N5S. The predicted octanol–water partition coefficient (Wildman–Crippen LogP) is 3.61. The van der Waals surface area contributed by atoms with Gasteiger partial charge in [-0.1, -0.05) is 6.92 Å². The van der Waals surface area contributed by atoms with Crippen molar-refractivity contribution in [2.75, 3.05) is 42.9 Å². The number of rotatable bonds is 5. The zero-order valence-electron chi connectivity index (χ0n) is 14.5. The van der Waals surface area contributed by atoms with E-state index in [2.05, 4.69) is 56.5 Å². The molecule has 0 radical (unpaired) electrons. The van der Waals surface area contributed by atoms with Crippen LogP contribution in [0.5, 0.6) is 0 Å². The van der Waals surface area contributed by atoms with Gasteiger partial charge in [0.15, 0.2) is 0 Å². The Morgan fingerprint density at radius 3 is 2.67 bits per heavy atom. The van der Waals surface area contributed by atoms with Crippen LogP contribution in [0.25, 0.3) is 0 Å². The van der Waals surface area contributed by atoms with Crippen molar-refractivity contribution in [3.8, 4) is 0 Å². The average molecular weight is 344 g/mol. The smallest absolute Gasteiger partial charge is 0.207 e. The third-order valence-electron chi connectivity index (χ3n) is 5.02. The zero-order chi connectivity index (χ0) is 16.5. The topological polar surface area (TPSA) is 44.3 Å². The second-order valence-electron chi connectivity index (χ2n) is 6.78. The minimum Gasteiger partial charge on any atom is -0.369 e. The third-order valence-corrected chi connectivity index (χ3v) is 5.67. The predicted molar refractivity (Wildman–Crippen MR) is 101 cm³/mol. The molecule has 24 heavy (non-hydrogen) atoms. The first kappa shape index (κ1) is 15.8. The first-order valence-corrected chi connectivity index (χ1v) is 9.69. The summed E-state index contributed by atoms with van der Waals surface area (Å²) in [6.45, 7) is 10.1. The minimum absolute atomic E-state index is 0.613. The van der Waals surface area contributed by atoms with E-state index in [9.17, 15) is 0 Å². The number of likely N-dealkylation sites (N-methyl/N-ethyl adjacent to an activating group) is 1. The molecule has 1 N–H and O–H groups in total. The maximum atomic E-state index is 4.62. The van der Waals surface area contributed by atoms with Crippen molar-refractivity contribution in [3.05, 3.63) is 29.6 Å². The highest BCUT2D eigenvalue weighted by atomic mass is 32.1. The van der Waals surface area contributed by atoms with E-state index in [0.29, 0.717) is 5.92 Å². The number of benzene rings is 1. The fourth-order valence-electron chi connectivity index (χ4n) is 3.22. The first-order valence-electron chi connectivity index (χ1n) is 8.91. The van der Waals surface area contributed by atoms with E-state index in [0.717, 1.165) is 49.4 Å². The fraction of sp³-hybridized carbons (Fsp3) is 0.556. The summed E-state index contributed by atoms with van der Waals surface area (Å²) in [7, 11) is 0. The van der Waals surface area contributed by atoms with Crippen LogP contribution in [0.1, 0.15) is 37.1 Å². The first-order chi connectivity index (χ1) is 11.7. The highest BCUT2D eigenvalue weighted by molar-refractivity contribution is 7.09. The monoisotopic (exact) mass is 343 g/mol. The number of hydrogen-bond donors (Lipinski definition) is 1. The fourth-order valence-corrected chi connectivity index (χ4v) is 3.88. The summed E-state index contributed by atoms with van der Waals surface area (Å²) in [5.74, 6) is 1.63. The second-order valence-corrected chi connectivity index (χ2v) is 7.53. The molecule has 6 heteroatoms. The summed E-state index contributed by atoms with van der Waals surface area (Å²) in [6, 6.07) is 6.68. The Bertz CT molecular complexity index is 701. The van der Waals surface area contributed by atoms with Crippen LogP contribution in [-0.2, 0) is 0 Å². The van der Waals surface area contributed by atoms with Gasteiger partial charge in [-0.25, -0.2) is 4.98 Å². The number of aromatic nitrogens is 2. The molecule has 1 aromatic carbocycles. The summed E-state index contributed by atoms with van der Waals surface area (Å²) in [5.41, 5.74) is 3.71. The van der Waals surface area contributed by atoms with E-state index >= 15 is 0 Å². The van der Waals surface area contributed by atoms with Gasteiger partial charge in [-0.2, -0.15) is 4.37 Å². The average Bonchev–Trinajstić information content (AvgIpc) is 3.36. The standard InChI is InChI=1S/C18H25N5S/c1-3-22-8-10-23(11-9-22)15-6-7-16(13(2)12-15)19-18-20-17(21-24-18)14-4-5-14/h6-7,12,14H,3-5,8-11H2,1-2H3,(H,19,20,21). The normalized spacial score (nSPS) is 18.8. The molecule has 1 aliphatic heterocycles. The molecule has 4 rings (SSSR count). The quantitative estimate of drug-likeness (QED) is 0.898. The van der Waals surface area contributed by atoms with Gasteiger partial charge in [-0.3, -0.25) is 0 Å².